The number of hydrogen-bond acceptors (Lipinski definition) is 5. The molecule has 0 saturated carbocycles. The van der Waals surface area contributed by atoms with Gasteiger partial charge in [0.05, 0.1) is 12.6 Å². The first-order valence-corrected chi connectivity index (χ1v) is 8.15. The quantitative estimate of drug-likeness (QED) is 0.537. The number of phenols is 1. The molecule has 0 aliphatic carbocycles. The Morgan fingerprint density at radius 1 is 1.28 bits per heavy atom. The van der Waals surface area contributed by atoms with Crippen LogP contribution in [0.4, 0.5) is 0 Å². The summed E-state index contributed by atoms with van der Waals surface area (Å²) >= 11 is 0. The van der Waals surface area contributed by atoms with E-state index in [2.05, 4.69) is 10.6 Å². The molecule has 1 heterocycles. The number of phenolic OH excluding ortho intramolecular Hbond substituents is 1. The van der Waals surface area contributed by atoms with Gasteiger partial charge in [-0.05, 0) is 44.1 Å². The number of aromatic hydroxyl groups is 1. The molecular formula is C17H23N3O5. The number of amides is 2. The molecule has 0 aromatic heterocycles. The molecule has 4 N–H and O–H groups in total. The van der Waals surface area contributed by atoms with Gasteiger partial charge in [0, 0.05) is 6.42 Å². The summed E-state index contributed by atoms with van der Waals surface area (Å²) in [7, 11) is 1.86. The SMILES string of the molecule is CN1CCC[C@H]1C(=O)NCC(=O)N[C@@H](Cc1ccc(O)cc1)C(=O)O. The van der Waals surface area contributed by atoms with Gasteiger partial charge in [0.2, 0.25) is 11.8 Å². The first-order valence-electron chi connectivity index (χ1n) is 8.15. The van der Waals surface area contributed by atoms with Gasteiger partial charge in [-0.15, -0.1) is 0 Å². The fourth-order valence-electron chi connectivity index (χ4n) is 2.84. The topological polar surface area (TPSA) is 119 Å². The Bertz CT molecular complexity index is 632. The summed E-state index contributed by atoms with van der Waals surface area (Å²) in [4.78, 5) is 37.3. The fourth-order valence-corrected chi connectivity index (χ4v) is 2.84. The Morgan fingerprint density at radius 3 is 2.52 bits per heavy atom. The number of carboxylic acid groups (broad SMARTS) is 1. The number of carboxylic acids is 1. The lowest BCUT2D eigenvalue weighted by Crippen LogP contribution is -2.49. The molecule has 1 aliphatic heterocycles. The minimum atomic E-state index is -1.16. The van der Waals surface area contributed by atoms with Gasteiger partial charge in [0.15, 0.2) is 0 Å². The first-order chi connectivity index (χ1) is 11.9. The lowest BCUT2D eigenvalue weighted by Gasteiger charge is -2.19. The molecule has 2 amide bonds. The Hall–Kier alpha value is -2.61. The lowest BCUT2D eigenvalue weighted by atomic mass is 10.1. The van der Waals surface area contributed by atoms with E-state index < -0.39 is 17.9 Å². The highest BCUT2D eigenvalue weighted by atomic mass is 16.4. The normalized spacial score (nSPS) is 18.5. The molecule has 1 saturated heterocycles. The van der Waals surface area contributed by atoms with Gasteiger partial charge < -0.3 is 20.8 Å². The van der Waals surface area contributed by atoms with Crippen molar-refractivity contribution in [2.75, 3.05) is 20.1 Å². The van der Waals surface area contributed by atoms with Crippen molar-refractivity contribution in [1.82, 2.24) is 15.5 Å². The monoisotopic (exact) mass is 349 g/mol. The van der Waals surface area contributed by atoms with Crippen molar-refractivity contribution in [2.24, 2.45) is 0 Å². The highest BCUT2D eigenvalue weighted by Crippen LogP contribution is 2.14. The summed E-state index contributed by atoms with van der Waals surface area (Å²) in [6, 6.07) is 4.75. The van der Waals surface area contributed by atoms with Gasteiger partial charge in [-0.1, -0.05) is 12.1 Å². The number of carbonyl (C=O) groups is 3. The third-order valence-corrected chi connectivity index (χ3v) is 4.26. The Balaban J connectivity index is 1.84. The van der Waals surface area contributed by atoms with E-state index in [0.717, 1.165) is 19.4 Å². The highest BCUT2D eigenvalue weighted by Gasteiger charge is 2.28. The van der Waals surface area contributed by atoms with Crippen molar-refractivity contribution >= 4 is 17.8 Å². The maximum absolute atomic E-state index is 12.0. The van der Waals surface area contributed by atoms with Crippen molar-refractivity contribution in [3.63, 3.8) is 0 Å². The minimum absolute atomic E-state index is 0.0826. The summed E-state index contributed by atoms with van der Waals surface area (Å²) < 4.78 is 0. The van der Waals surface area contributed by atoms with Crippen LogP contribution in [0.3, 0.4) is 0 Å². The largest absolute Gasteiger partial charge is 0.508 e. The van der Waals surface area contributed by atoms with Gasteiger partial charge in [-0.3, -0.25) is 14.5 Å². The van der Waals surface area contributed by atoms with Crippen LogP contribution >= 0.6 is 0 Å². The molecular weight excluding hydrogens is 326 g/mol. The number of carbonyl (C=O) groups excluding carboxylic acids is 2. The van der Waals surface area contributed by atoms with E-state index >= 15 is 0 Å². The zero-order chi connectivity index (χ0) is 18.4. The highest BCUT2D eigenvalue weighted by molar-refractivity contribution is 5.89. The van der Waals surface area contributed by atoms with E-state index in [1.165, 1.54) is 12.1 Å². The third kappa shape index (κ3) is 5.46. The van der Waals surface area contributed by atoms with E-state index in [4.69, 9.17) is 0 Å². The standard InChI is InChI=1S/C17H23N3O5/c1-20-8-2-3-14(20)16(23)18-10-15(22)19-13(17(24)25)9-11-4-6-12(21)7-5-11/h4-7,13-14,21H,2-3,8-10H2,1H3,(H,18,23)(H,19,22)(H,24,25)/t13-,14-/m0/s1. The third-order valence-electron chi connectivity index (χ3n) is 4.26. The van der Waals surface area contributed by atoms with Crippen molar-refractivity contribution in [3.8, 4) is 5.75 Å². The smallest absolute Gasteiger partial charge is 0.326 e. The second-order valence-electron chi connectivity index (χ2n) is 6.19. The van der Waals surface area contributed by atoms with Crippen LogP contribution in [0.25, 0.3) is 0 Å². The zero-order valence-electron chi connectivity index (χ0n) is 14.1. The Kier molecular flexibility index (Phi) is 6.35. The van der Waals surface area contributed by atoms with E-state index in [-0.39, 0.29) is 30.7 Å². The molecule has 0 radical (unpaired) electrons. The number of aliphatic carboxylic acids is 1. The average Bonchev–Trinajstić information content (AvgIpc) is 3.00. The Labute approximate surface area is 145 Å². The van der Waals surface area contributed by atoms with Crippen LogP contribution in [0.15, 0.2) is 24.3 Å². The molecule has 1 aromatic rings. The first kappa shape index (κ1) is 18.7. The molecule has 25 heavy (non-hydrogen) atoms. The number of likely N-dealkylation sites (tertiary alicyclic amines) is 1. The summed E-state index contributed by atoms with van der Waals surface area (Å²) in [5.74, 6) is -1.86. The molecule has 136 valence electrons. The predicted octanol–water partition coefficient (Wildman–Crippen LogP) is -0.285. The van der Waals surface area contributed by atoms with Gasteiger partial charge in [-0.2, -0.15) is 0 Å². The van der Waals surface area contributed by atoms with Gasteiger partial charge in [0.1, 0.15) is 11.8 Å². The van der Waals surface area contributed by atoms with Crippen LogP contribution in [0, 0.1) is 0 Å². The fraction of sp³-hybridized carbons (Fsp3) is 0.471. The average molecular weight is 349 g/mol. The molecule has 8 nitrogen and oxygen atoms in total. The van der Waals surface area contributed by atoms with Gasteiger partial charge >= 0.3 is 5.97 Å². The van der Waals surface area contributed by atoms with Gasteiger partial charge in [-0.25, -0.2) is 4.79 Å². The Morgan fingerprint density at radius 2 is 1.96 bits per heavy atom. The van der Waals surface area contributed by atoms with Crippen LogP contribution in [0.2, 0.25) is 0 Å². The number of nitrogens with one attached hydrogen (secondary N) is 2. The second-order valence-corrected chi connectivity index (χ2v) is 6.19. The number of benzene rings is 1. The number of hydrogen-bond donors (Lipinski definition) is 4. The lowest BCUT2D eigenvalue weighted by molar-refractivity contribution is -0.141. The van der Waals surface area contributed by atoms with Crippen LogP contribution < -0.4 is 10.6 Å². The van der Waals surface area contributed by atoms with Crippen LogP contribution in [0.1, 0.15) is 18.4 Å². The van der Waals surface area contributed by atoms with Crippen molar-refractivity contribution in [1.29, 1.82) is 0 Å². The van der Waals surface area contributed by atoms with Crippen LogP contribution in [-0.2, 0) is 20.8 Å². The van der Waals surface area contributed by atoms with E-state index in [9.17, 15) is 24.6 Å². The van der Waals surface area contributed by atoms with Crippen molar-refractivity contribution < 1.29 is 24.6 Å². The molecule has 1 aromatic carbocycles. The molecule has 1 fully saturated rings. The number of rotatable bonds is 7. The summed E-state index contributed by atoms with van der Waals surface area (Å²) in [5.41, 5.74) is 0.669. The predicted molar refractivity (Wildman–Crippen MR) is 90.0 cm³/mol. The molecule has 1 aliphatic rings. The van der Waals surface area contributed by atoms with Crippen LogP contribution in [0.5, 0.6) is 5.75 Å². The summed E-state index contributed by atoms with van der Waals surface area (Å²) in [6.45, 7) is 0.584. The molecule has 0 spiro atoms. The molecule has 2 rings (SSSR count). The molecule has 0 unspecified atom stereocenters. The second kappa shape index (κ2) is 8.48. The molecule has 2 atom stereocenters. The van der Waals surface area contributed by atoms with E-state index in [0.29, 0.717) is 5.56 Å². The van der Waals surface area contributed by atoms with Crippen LogP contribution in [-0.4, -0.2) is 65.1 Å². The number of nitrogens with zero attached hydrogens (tertiary/aromatic N) is 1. The van der Waals surface area contributed by atoms with Gasteiger partial charge in [0.25, 0.3) is 0 Å². The maximum Gasteiger partial charge on any atom is 0.326 e. The van der Waals surface area contributed by atoms with Crippen molar-refractivity contribution in [2.45, 2.75) is 31.3 Å². The maximum atomic E-state index is 12.0. The van der Waals surface area contributed by atoms with E-state index in [1.807, 2.05) is 11.9 Å². The zero-order valence-corrected chi connectivity index (χ0v) is 14.1. The summed E-state index contributed by atoms with van der Waals surface area (Å²) in [5, 5.41) is 23.5. The molecule has 8 heteroatoms. The van der Waals surface area contributed by atoms with Crippen molar-refractivity contribution in [3.05, 3.63) is 29.8 Å². The minimum Gasteiger partial charge on any atom is -0.508 e. The molecule has 0 bridgehead atoms. The summed E-state index contributed by atoms with van der Waals surface area (Å²) in [6.07, 6.45) is 1.78. The van der Waals surface area contributed by atoms with E-state index in [1.54, 1.807) is 12.1 Å². The number of likely N-dealkylation sites (N-methyl/N-ethyl adjacent to an activating group) is 1.